The van der Waals surface area contributed by atoms with Crippen LogP contribution in [-0.2, 0) is 14.3 Å². The fraction of sp³-hybridized carbons (Fsp3) is 0.286. The number of fused-ring (bicyclic) bond motifs is 3. The second-order valence-electron chi connectivity index (χ2n) is 6.85. The SMILES string of the molecule is CN(C)C(=O)C[C@H](NC(=O)OCC1c2ccccc2-c2ccccc21)C(=O)O. The summed E-state index contributed by atoms with van der Waals surface area (Å²) in [5.41, 5.74) is 4.34. The normalized spacial score (nSPS) is 13.2. The van der Waals surface area contributed by atoms with Gasteiger partial charge in [-0.05, 0) is 22.3 Å². The molecule has 2 amide bonds. The molecule has 0 aromatic heterocycles. The van der Waals surface area contributed by atoms with Crippen molar-refractivity contribution in [3.8, 4) is 11.1 Å². The van der Waals surface area contributed by atoms with Crippen molar-refractivity contribution in [2.24, 2.45) is 0 Å². The number of benzene rings is 2. The van der Waals surface area contributed by atoms with Crippen molar-refractivity contribution in [1.29, 1.82) is 0 Å². The third-order valence-electron chi connectivity index (χ3n) is 4.81. The van der Waals surface area contributed by atoms with Crippen molar-refractivity contribution >= 4 is 18.0 Å². The summed E-state index contributed by atoms with van der Waals surface area (Å²) in [7, 11) is 3.04. The van der Waals surface area contributed by atoms with Crippen molar-refractivity contribution in [2.75, 3.05) is 20.7 Å². The summed E-state index contributed by atoms with van der Waals surface area (Å²) in [5.74, 6) is -1.81. The van der Waals surface area contributed by atoms with Crippen LogP contribution in [0.4, 0.5) is 4.79 Å². The van der Waals surface area contributed by atoms with Crippen LogP contribution >= 0.6 is 0 Å². The maximum absolute atomic E-state index is 12.2. The van der Waals surface area contributed by atoms with E-state index in [-0.39, 0.29) is 18.9 Å². The van der Waals surface area contributed by atoms with E-state index in [1.54, 1.807) is 0 Å². The molecule has 2 aromatic carbocycles. The van der Waals surface area contributed by atoms with E-state index in [9.17, 15) is 19.5 Å². The third kappa shape index (κ3) is 3.98. The Hall–Kier alpha value is -3.35. The molecule has 3 rings (SSSR count). The quantitative estimate of drug-likeness (QED) is 0.800. The lowest BCUT2D eigenvalue weighted by atomic mass is 9.98. The van der Waals surface area contributed by atoms with Crippen LogP contribution in [0.5, 0.6) is 0 Å². The molecule has 7 heteroatoms. The molecule has 1 aliphatic rings. The van der Waals surface area contributed by atoms with Gasteiger partial charge in [-0.25, -0.2) is 9.59 Å². The molecule has 28 heavy (non-hydrogen) atoms. The summed E-state index contributed by atoms with van der Waals surface area (Å²) in [5, 5.41) is 11.5. The van der Waals surface area contributed by atoms with Crippen LogP contribution in [0.15, 0.2) is 48.5 Å². The number of carbonyl (C=O) groups excluding carboxylic acids is 2. The molecule has 2 N–H and O–H groups in total. The molecule has 1 aliphatic carbocycles. The van der Waals surface area contributed by atoms with E-state index < -0.39 is 24.0 Å². The number of carbonyl (C=O) groups is 3. The highest BCUT2D eigenvalue weighted by molar-refractivity contribution is 5.87. The second-order valence-corrected chi connectivity index (χ2v) is 6.85. The topological polar surface area (TPSA) is 95.9 Å². The lowest BCUT2D eigenvalue weighted by molar-refractivity contribution is -0.142. The molecule has 0 spiro atoms. The van der Waals surface area contributed by atoms with Gasteiger partial charge in [-0.1, -0.05) is 48.5 Å². The summed E-state index contributed by atoms with van der Waals surface area (Å²) >= 11 is 0. The predicted molar refractivity (Wildman–Crippen MR) is 103 cm³/mol. The summed E-state index contributed by atoms with van der Waals surface area (Å²) < 4.78 is 5.32. The van der Waals surface area contributed by atoms with E-state index in [1.165, 1.54) is 19.0 Å². The lowest BCUT2D eigenvalue weighted by Crippen LogP contribution is -2.44. The number of nitrogens with one attached hydrogen (secondary N) is 1. The zero-order chi connectivity index (χ0) is 20.3. The molecule has 0 heterocycles. The van der Waals surface area contributed by atoms with E-state index in [2.05, 4.69) is 5.32 Å². The van der Waals surface area contributed by atoms with Gasteiger partial charge in [0.1, 0.15) is 12.6 Å². The zero-order valence-electron chi connectivity index (χ0n) is 15.7. The first-order valence-corrected chi connectivity index (χ1v) is 8.93. The maximum Gasteiger partial charge on any atom is 0.407 e. The Morgan fingerprint density at radius 3 is 2.07 bits per heavy atom. The molecule has 0 saturated heterocycles. The van der Waals surface area contributed by atoms with Gasteiger partial charge >= 0.3 is 12.1 Å². The number of carboxylic acids is 1. The van der Waals surface area contributed by atoms with E-state index in [0.717, 1.165) is 22.3 Å². The number of hydrogen-bond donors (Lipinski definition) is 2. The Kier molecular flexibility index (Phi) is 5.63. The molecule has 0 aliphatic heterocycles. The standard InChI is InChI=1S/C21H22N2O5/c1-23(2)19(24)11-18(20(25)26)22-21(27)28-12-17-15-9-5-3-7-13(15)14-8-4-6-10-16(14)17/h3-10,17-18H,11-12H2,1-2H3,(H,22,27)(H,25,26)/t18-/m0/s1. The van der Waals surface area contributed by atoms with Crippen molar-refractivity contribution < 1.29 is 24.2 Å². The van der Waals surface area contributed by atoms with E-state index in [1.807, 2.05) is 48.5 Å². The van der Waals surface area contributed by atoms with Crippen LogP contribution in [0.2, 0.25) is 0 Å². The fourth-order valence-electron chi connectivity index (χ4n) is 3.34. The van der Waals surface area contributed by atoms with Gasteiger partial charge in [-0.15, -0.1) is 0 Å². The Morgan fingerprint density at radius 1 is 1.04 bits per heavy atom. The Morgan fingerprint density at radius 2 is 1.57 bits per heavy atom. The van der Waals surface area contributed by atoms with Crippen molar-refractivity contribution in [1.82, 2.24) is 10.2 Å². The number of aliphatic carboxylic acids is 1. The van der Waals surface area contributed by atoms with Crippen molar-refractivity contribution in [3.63, 3.8) is 0 Å². The first-order valence-electron chi connectivity index (χ1n) is 8.93. The Balaban J connectivity index is 1.67. The van der Waals surface area contributed by atoms with Crippen molar-refractivity contribution in [3.05, 3.63) is 59.7 Å². The third-order valence-corrected chi connectivity index (χ3v) is 4.81. The highest BCUT2D eigenvalue weighted by Crippen LogP contribution is 2.44. The van der Waals surface area contributed by atoms with Gasteiger partial charge in [-0.3, -0.25) is 4.79 Å². The minimum atomic E-state index is -1.34. The van der Waals surface area contributed by atoms with Crippen LogP contribution in [-0.4, -0.2) is 54.7 Å². The van der Waals surface area contributed by atoms with Gasteiger partial charge in [0, 0.05) is 20.0 Å². The summed E-state index contributed by atoms with van der Waals surface area (Å²) in [6.07, 6.45) is -1.20. The molecule has 0 bridgehead atoms. The molecule has 1 atom stereocenters. The van der Waals surface area contributed by atoms with Crippen LogP contribution in [0.3, 0.4) is 0 Å². The molecule has 0 fully saturated rings. The summed E-state index contributed by atoms with van der Waals surface area (Å²) in [4.78, 5) is 36.5. The predicted octanol–water partition coefficient (Wildman–Crippen LogP) is 2.46. The number of nitrogens with zero attached hydrogens (tertiary/aromatic N) is 1. The molecule has 2 aromatic rings. The largest absolute Gasteiger partial charge is 0.480 e. The first-order chi connectivity index (χ1) is 13.4. The molecule has 0 saturated carbocycles. The number of rotatable bonds is 6. The van der Waals surface area contributed by atoms with Crippen molar-refractivity contribution in [2.45, 2.75) is 18.4 Å². The number of alkyl carbamates (subject to hydrolysis) is 1. The molecule has 146 valence electrons. The average Bonchev–Trinajstić information content (AvgIpc) is 2.99. The zero-order valence-corrected chi connectivity index (χ0v) is 15.7. The maximum atomic E-state index is 12.2. The summed E-state index contributed by atoms with van der Waals surface area (Å²) in [6.45, 7) is 0.0772. The number of hydrogen-bond acceptors (Lipinski definition) is 4. The number of amides is 2. The second kappa shape index (κ2) is 8.12. The minimum Gasteiger partial charge on any atom is -0.480 e. The average molecular weight is 382 g/mol. The summed E-state index contributed by atoms with van der Waals surface area (Å²) in [6, 6.07) is 14.5. The molecule has 0 radical (unpaired) electrons. The van der Waals surface area contributed by atoms with Crippen LogP contribution in [0.25, 0.3) is 11.1 Å². The van der Waals surface area contributed by atoms with Gasteiger partial charge in [0.15, 0.2) is 0 Å². The number of carboxylic acid groups (broad SMARTS) is 1. The molecular formula is C21H22N2O5. The molecule has 7 nitrogen and oxygen atoms in total. The number of ether oxygens (including phenoxy) is 1. The lowest BCUT2D eigenvalue weighted by Gasteiger charge is -2.18. The van der Waals surface area contributed by atoms with Crippen LogP contribution < -0.4 is 5.32 Å². The van der Waals surface area contributed by atoms with Gasteiger partial charge in [0.25, 0.3) is 0 Å². The smallest absolute Gasteiger partial charge is 0.407 e. The van der Waals surface area contributed by atoms with Gasteiger partial charge in [0.05, 0.1) is 6.42 Å². The minimum absolute atomic E-state index is 0.0772. The molecular weight excluding hydrogens is 360 g/mol. The highest BCUT2D eigenvalue weighted by Gasteiger charge is 2.30. The first kappa shape index (κ1) is 19.4. The highest BCUT2D eigenvalue weighted by atomic mass is 16.5. The van der Waals surface area contributed by atoms with Gasteiger partial charge < -0.3 is 20.1 Å². The monoisotopic (exact) mass is 382 g/mol. The van der Waals surface area contributed by atoms with E-state index in [4.69, 9.17) is 4.74 Å². The van der Waals surface area contributed by atoms with Gasteiger partial charge in [0.2, 0.25) is 5.91 Å². The van der Waals surface area contributed by atoms with Crippen LogP contribution in [0, 0.1) is 0 Å². The Labute approximate surface area is 162 Å². The fourth-order valence-corrected chi connectivity index (χ4v) is 3.34. The molecule has 0 unspecified atom stereocenters. The van der Waals surface area contributed by atoms with Gasteiger partial charge in [-0.2, -0.15) is 0 Å². The van der Waals surface area contributed by atoms with E-state index >= 15 is 0 Å². The Bertz CT molecular complexity index is 864. The van der Waals surface area contributed by atoms with E-state index in [0.29, 0.717) is 0 Å². The van der Waals surface area contributed by atoms with Crippen LogP contribution in [0.1, 0.15) is 23.5 Å².